The number of carbonyl (C=O) groups excluding carboxylic acids is 2. The number of aliphatic hydroxyl groups is 2. The average molecular weight is 342 g/mol. The van der Waals surface area contributed by atoms with Crippen molar-refractivity contribution in [2.45, 2.75) is 38.9 Å². The van der Waals surface area contributed by atoms with Crippen LogP contribution in [0, 0.1) is 0 Å². The van der Waals surface area contributed by atoms with Gasteiger partial charge in [0.2, 0.25) is 0 Å². The summed E-state index contributed by atoms with van der Waals surface area (Å²) in [6, 6.07) is 12.9. The van der Waals surface area contributed by atoms with E-state index in [-0.39, 0.29) is 11.6 Å². The monoisotopic (exact) mass is 342 g/mol. The summed E-state index contributed by atoms with van der Waals surface area (Å²) >= 11 is 0. The maximum atomic E-state index is 12.0. The average Bonchev–Trinajstić information content (AvgIpc) is 2.53. The van der Waals surface area contributed by atoms with Gasteiger partial charge in [-0.2, -0.15) is 0 Å². The van der Waals surface area contributed by atoms with Crippen molar-refractivity contribution in [2.24, 2.45) is 0 Å². The largest absolute Gasteiger partial charge is 0.457 e. The van der Waals surface area contributed by atoms with E-state index in [9.17, 15) is 19.8 Å². The Morgan fingerprint density at radius 2 is 0.960 bits per heavy atom. The molecule has 0 amide bonds. The van der Waals surface area contributed by atoms with Gasteiger partial charge in [0.05, 0.1) is 0 Å². The van der Waals surface area contributed by atoms with Crippen LogP contribution >= 0.6 is 0 Å². The smallest absolute Gasteiger partial charge is 0.193 e. The predicted octanol–water partition coefficient (Wildman–Crippen LogP) is 3.39. The fourth-order valence-electron chi connectivity index (χ4n) is 2.19. The first-order chi connectivity index (χ1) is 11.5. The van der Waals surface area contributed by atoms with Gasteiger partial charge in [0.25, 0.3) is 0 Å². The van der Waals surface area contributed by atoms with Crippen LogP contribution in [0.5, 0.6) is 11.5 Å². The van der Waals surface area contributed by atoms with E-state index in [0.717, 1.165) is 0 Å². The Balaban J connectivity index is 2.10. The van der Waals surface area contributed by atoms with Crippen molar-refractivity contribution < 1.29 is 24.5 Å². The Kier molecular flexibility index (Phi) is 5.11. The van der Waals surface area contributed by atoms with Crippen molar-refractivity contribution in [3.05, 3.63) is 59.7 Å². The van der Waals surface area contributed by atoms with Gasteiger partial charge in [0, 0.05) is 11.1 Å². The molecule has 0 aliphatic rings. The number of benzene rings is 2. The van der Waals surface area contributed by atoms with E-state index in [1.165, 1.54) is 27.7 Å². The minimum absolute atomic E-state index is 0.367. The van der Waals surface area contributed by atoms with Gasteiger partial charge < -0.3 is 14.9 Å². The van der Waals surface area contributed by atoms with Crippen LogP contribution in [0.25, 0.3) is 0 Å². The van der Waals surface area contributed by atoms with Crippen LogP contribution < -0.4 is 4.74 Å². The zero-order valence-electron chi connectivity index (χ0n) is 14.7. The molecule has 2 aromatic carbocycles. The van der Waals surface area contributed by atoms with Crippen LogP contribution in [0.2, 0.25) is 0 Å². The Hall–Kier alpha value is -2.50. The standard InChI is InChI=1S/C20H22O5/c1-19(2,23)17(21)13-5-9-15(10-6-13)25-16-11-7-14(8-12-16)18(22)20(3,4)24/h5-12,23-24H,1-4H3. The molecule has 5 nitrogen and oxygen atoms in total. The van der Waals surface area contributed by atoms with E-state index in [2.05, 4.69) is 0 Å². The first kappa shape index (κ1) is 18.8. The van der Waals surface area contributed by atoms with Gasteiger partial charge in [-0.15, -0.1) is 0 Å². The highest BCUT2D eigenvalue weighted by Gasteiger charge is 2.26. The summed E-state index contributed by atoms with van der Waals surface area (Å²) in [4.78, 5) is 23.9. The Bertz CT molecular complexity index is 692. The van der Waals surface area contributed by atoms with Crippen molar-refractivity contribution in [1.82, 2.24) is 0 Å². The number of rotatable bonds is 6. The summed E-state index contributed by atoms with van der Waals surface area (Å²) in [5, 5.41) is 19.5. The molecule has 0 heterocycles. The second-order valence-electron chi connectivity index (χ2n) is 6.93. The number of hydrogen-bond acceptors (Lipinski definition) is 5. The molecule has 0 unspecified atom stereocenters. The second kappa shape index (κ2) is 6.78. The molecule has 0 atom stereocenters. The van der Waals surface area contributed by atoms with E-state index in [4.69, 9.17) is 4.74 Å². The van der Waals surface area contributed by atoms with Crippen LogP contribution in [0.15, 0.2) is 48.5 Å². The number of hydrogen-bond donors (Lipinski definition) is 2. The molecule has 5 heteroatoms. The van der Waals surface area contributed by atoms with Crippen LogP contribution in [0.1, 0.15) is 48.4 Å². The van der Waals surface area contributed by atoms with Crippen molar-refractivity contribution in [3.63, 3.8) is 0 Å². The highest BCUT2D eigenvalue weighted by Crippen LogP contribution is 2.24. The molecule has 2 N–H and O–H groups in total. The number of carbonyl (C=O) groups is 2. The zero-order valence-corrected chi connectivity index (χ0v) is 14.7. The van der Waals surface area contributed by atoms with E-state index in [0.29, 0.717) is 22.6 Å². The van der Waals surface area contributed by atoms with Crippen molar-refractivity contribution >= 4 is 11.6 Å². The first-order valence-corrected chi connectivity index (χ1v) is 7.91. The maximum absolute atomic E-state index is 12.0. The molecule has 0 bridgehead atoms. The van der Waals surface area contributed by atoms with Crippen molar-refractivity contribution in [3.8, 4) is 11.5 Å². The Morgan fingerprint density at radius 1 is 0.680 bits per heavy atom. The van der Waals surface area contributed by atoms with Gasteiger partial charge >= 0.3 is 0 Å². The molecule has 2 rings (SSSR count). The first-order valence-electron chi connectivity index (χ1n) is 7.91. The van der Waals surface area contributed by atoms with Crippen LogP contribution in [0.3, 0.4) is 0 Å². The molecular formula is C20H22O5. The minimum atomic E-state index is -1.43. The molecule has 0 aliphatic heterocycles. The summed E-state index contributed by atoms with van der Waals surface area (Å²) in [5.74, 6) is 0.310. The third-order valence-electron chi connectivity index (χ3n) is 3.58. The summed E-state index contributed by atoms with van der Waals surface area (Å²) in [6.45, 7) is 5.76. The van der Waals surface area contributed by atoms with Gasteiger partial charge in [-0.05, 0) is 76.2 Å². The maximum Gasteiger partial charge on any atom is 0.193 e. The fourth-order valence-corrected chi connectivity index (χ4v) is 2.19. The molecule has 132 valence electrons. The minimum Gasteiger partial charge on any atom is -0.457 e. The molecule has 0 radical (unpaired) electrons. The van der Waals surface area contributed by atoms with Gasteiger partial charge in [-0.3, -0.25) is 9.59 Å². The SMILES string of the molecule is CC(C)(O)C(=O)c1ccc(Oc2ccc(C(=O)C(C)(C)O)cc2)cc1. The fraction of sp³-hybridized carbons (Fsp3) is 0.300. The molecular weight excluding hydrogens is 320 g/mol. The molecule has 2 aromatic rings. The zero-order chi connectivity index (χ0) is 18.8. The summed E-state index contributed by atoms with van der Waals surface area (Å²) in [6.07, 6.45) is 0. The van der Waals surface area contributed by atoms with Crippen molar-refractivity contribution in [2.75, 3.05) is 0 Å². The molecule has 0 fully saturated rings. The van der Waals surface area contributed by atoms with Gasteiger partial charge in [-0.25, -0.2) is 0 Å². The highest BCUT2D eigenvalue weighted by molar-refractivity contribution is 6.02. The third-order valence-corrected chi connectivity index (χ3v) is 3.58. The summed E-state index contributed by atoms with van der Waals surface area (Å²) in [5.41, 5.74) is -2.06. The van der Waals surface area contributed by atoms with Crippen molar-refractivity contribution in [1.29, 1.82) is 0 Å². The normalized spacial score (nSPS) is 11.9. The number of ketones is 2. The summed E-state index contributed by atoms with van der Waals surface area (Å²) in [7, 11) is 0. The quantitative estimate of drug-likeness (QED) is 0.786. The lowest BCUT2D eigenvalue weighted by molar-refractivity contribution is 0.0487. The van der Waals surface area contributed by atoms with E-state index in [1.54, 1.807) is 48.5 Å². The number of Topliss-reactive ketones (excluding diaryl/α,β-unsaturated/α-hetero) is 2. The molecule has 0 aliphatic carbocycles. The van der Waals surface area contributed by atoms with Gasteiger partial charge in [0.1, 0.15) is 22.7 Å². The summed E-state index contributed by atoms with van der Waals surface area (Å²) < 4.78 is 5.67. The Labute approximate surface area is 146 Å². The van der Waals surface area contributed by atoms with E-state index < -0.39 is 11.2 Å². The second-order valence-corrected chi connectivity index (χ2v) is 6.93. The topological polar surface area (TPSA) is 83.8 Å². The highest BCUT2D eigenvalue weighted by atomic mass is 16.5. The lowest BCUT2D eigenvalue weighted by atomic mass is 9.97. The number of ether oxygens (including phenoxy) is 1. The molecule has 0 saturated carbocycles. The molecule has 0 aromatic heterocycles. The Morgan fingerprint density at radius 3 is 1.20 bits per heavy atom. The van der Waals surface area contributed by atoms with E-state index in [1.807, 2.05) is 0 Å². The van der Waals surface area contributed by atoms with Crippen LogP contribution in [-0.4, -0.2) is 33.0 Å². The van der Waals surface area contributed by atoms with Gasteiger partial charge in [-0.1, -0.05) is 0 Å². The van der Waals surface area contributed by atoms with E-state index >= 15 is 0 Å². The third kappa shape index (κ3) is 4.75. The molecule has 0 spiro atoms. The van der Waals surface area contributed by atoms with Crippen LogP contribution in [0.4, 0.5) is 0 Å². The molecule has 0 saturated heterocycles. The molecule has 25 heavy (non-hydrogen) atoms. The predicted molar refractivity (Wildman–Crippen MR) is 94.2 cm³/mol. The van der Waals surface area contributed by atoms with Gasteiger partial charge in [0.15, 0.2) is 11.6 Å². The van der Waals surface area contributed by atoms with Crippen LogP contribution in [-0.2, 0) is 0 Å². The lowest BCUT2D eigenvalue weighted by Crippen LogP contribution is -2.31. The lowest BCUT2D eigenvalue weighted by Gasteiger charge is -2.16.